The number of carbonyl (C=O) groups is 2. The summed E-state index contributed by atoms with van der Waals surface area (Å²) < 4.78 is 0. The fraction of sp³-hybridized carbons (Fsp3) is 0.368. The minimum atomic E-state index is -0.964. The van der Waals surface area contributed by atoms with Gasteiger partial charge in [0, 0.05) is 18.8 Å². The van der Waals surface area contributed by atoms with E-state index in [1.54, 1.807) is 0 Å². The Kier molecular flexibility index (Phi) is 7.23. The van der Waals surface area contributed by atoms with Crippen molar-refractivity contribution in [2.24, 2.45) is 5.92 Å². The predicted molar refractivity (Wildman–Crippen MR) is 97.0 cm³/mol. The highest BCUT2D eigenvalue weighted by Crippen LogP contribution is 2.07. The number of aliphatic hydroxyl groups excluding tert-OH is 1. The lowest BCUT2D eigenvalue weighted by molar-refractivity contribution is -0.126. The zero-order valence-electron chi connectivity index (χ0n) is 14.9. The van der Waals surface area contributed by atoms with Crippen molar-refractivity contribution in [2.45, 2.75) is 39.0 Å². The Balaban J connectivity index is 2.10. The molecule has 2 atom stereocenters. The third kappa shape index (κ3) is 6.25. The van der Waals surface area contributed by atoms with E-state index in [0.29, 0.717) is 12.8 Å². The van der Waals surface area contributed by atoms with Crippen LogP contribution in [-0.4, -0.2) is 39.2 Å². The maximum Gasteiger partial charge on any atom is 0.272 e. The second-order valence-electron chi connectivity index (χ2n) is 6.46. The van der Waals surface area contributed by atoms with E-state index in [1.165, 1.54) is 18.6 Å². The molecule has 0 spiro atoms. The lowest BCUT2D eigenvalue weighted by Crippen LogP contribution is -2.51. The van der Waals surface area contributed by atoms with Gasteiger partial charge in [-0.1, -0.05) is 44.2 Å². The Hall–Kier alpha value is -2.80. The van der Waals surface area contributed by atoms with Gasteiger partial charge in [0.15, 0.2) is 0 Å². The molecule has 2 amide bonds. The van der Waals surface area contributed by atoms with Crippen LogP contribution in [0.25, 0.3) is 0 Å². The van der Waals surface area contributed by atoms with Crippen molar-refractivity contribution in [1.82, 2.24) is 20.6 Å². The topological polar surface area (TPSA) is 104 Å². The van der Waals surface area contributed by atoms with Crippen molar-refractivity contribution in [3.63, 3.8) is 0 Å². The number of amides is 2. The molecule has 2 rings (SSSR count). The van der Waals surface area contributed by atoms with E-state index in [2.05, 4.69) is 20.6 Å². The molecule has 0 aliphatic carbocycles. The fourth-order valence-corrected chi connectivity index (χ4v) is 2.48. The number of aliphatic hydroxyl groups is 1. The first-order valence-electron chi connectivity index (χ1n) is 8.55. The summed E-state index contributed by atoms with van der Waals surface area (Å²) in [6, 6.07) is 8.51. The molecule has 0 unspecified atom stereocenters. The Morgan fingerprint density at radius 1 is 1.12 bits per heavy atom. The van der Waals surface area contributed by atoms with Gasteiger partial charge in [-0.2, -0.15) is 0 Å². The van der Waals surface area contributed by atoms with Gasteiger partial charge in [-0.05, 0) is 17.9 Å². The van der Waals surface area contributed by atoms with Gasteiger partial charge in [0.05, 0.1) is 6.20 Å². The molecule has 7 nitrogen and oxygen atoms in total. The highest BCUT2D eigenvalue weighted by atomic mass is 16.3. The van der Waals surface area contributed by atoms with Crippen LogP contribution in [0.5, 0.6) is 0 Å². The smallest absolute Gasteiger partial charge is 0.272 e. The average molecular weight is 356 g/mol. The lowest BCUT2D eigenvalue weighted by atomic mass is 10.0. The first kappa shape index (κ1) is 19.5. The van der Waals surface area contributed by atoms with Crippen LogP contribution in [0.3, 0.4) is 0 Å². The summed E-state index contributed by atoms with van der Waals surface area (Å²) in [6.45, 7) is 3.90. The molecule has 1 aromatic heterocycles. The van der Waals surface area contributed by atoms with Crippen LogP contribution in [0.15, 0.2) is 48.9 Å². The minimum Gasteiger partial charge on any atom is -0.374 e. The Morgan fingerprint density at radius 2 is 1.85 bits per heavy atom. The van der Waals surface area contributed by atoms with Crippen LogP contribution in [0.1, 0.15) is 36.3 Å². The number of benzene rings is 1. The van der Waals surface area contributed by atoms with E-state index in [0.717, 1.165) is 5.56 Å². The van der Waals surface area contributed by atoms with Crippen LogP contribution in [0.4, 0.5) is 0 Å². The normalized spacial score (nSPS) is 13.1. The molecule has 1 heterocycles. The van der Waals surface area contributed by atoms with Crippen molar-refractivity contribution in [3.8, 4) is 0 Å². The number of hydrogen-bond acceptors (Lipinski definition) is 5. The quantitative estimate of drug-likeness (QED) is 0.619. The first-order valence-corrected chi connectivity index (χ1v) is 8.55. The van der Waals surface area contributed by atoms with Gasteiger partial charge in [0.25, 0.3) is 5.91 Å². The Bertz CT molecular complexity index is 707. The number of nitrogens with zero attached hydrogens (tertiary/aromatic N) is 2. The largest absolute Gasteiger partial charge is 0.374 e. The van der Waals surface area contributed by atoms with E-state index >= 15 is 0 Å². The highest BCUT2D eigenvalue weighted by Gasteiger charge is 2.24. The fourth-order valence-electron chi connectivity index (χ4n) is 2.48. The summed E-state index contributed by atoms with van der Waals surface area (Å²) in [5.74, 6) is -0.709. The maximum atomic E-state index is 12.6. The molecular formula is C19H24N4O3. The zero-order chi connectivity index (χ0) is 18.9. The van der Waals surface area contributed by atoms with Crippen LogP contribution < -0.4 is 10.6 Å². The van der Waals surface area contributed by atoms with Crippen molar-refractivity contribution in [1.29, 1.82) is 0 Å². The Labute approximate surface area is 152 Å². The summed E-state index contributed by atoms with van der Waals surface area (Å²) in [4.78, 5) is 32.7. The molecule has 26 heavy (non-hydrogen) atoms. The Morgan fingerprint density at radius 3 is 2.46 bits per heavy atom. The second kappa shape index (κ2) is 9.62. The van der Waals surface area contributed by atoms with Gasteiger partial charge in [-0.15, -0.1) is 0 Å². The molecular weight excluding hydrogens is 332 g/mol. The molecule has 0 radical (unpaired) electrons. The molecule has 0 saturated carbocycles. The number of aromatic nitrogens is 2. The van der Waals surface area contributed by atoms with Crippen molar-refractivity contribution < 1.29 is 14.7 Å². The van der Waals surface area contributed by atoms with Crippen LogP contribution in [0.2, 0.25) is 0 Å². The SMILES string of the molecule is CC(C)C[C@H](O)NC(=O)[C@H](Cc1ccccc1)NC(=O)c1cnccn1. The van der Waals surface area contributed by atoms with Gasteiger partial charge in [0.1, 0.15) is 18.0 Å². The number of nitrogens with one attached hydrogen (secondary N) is 2. The van der Waals surface area contributed by atoms with Gasteiger partial charge in [-0.25, -0.2) is 4.98 Å². The molecule has 1 aromatic carbocycles. The monoisotopic (exact) mass is 356 g/mol. The summed E-state index contributed by atoms with van der Waals surface area (Å²) in [6.07, 6.45) is 3.98. The maximum absolute atomic E-state index is 12.6. The van der Waals surface area contributed by atoms with Crippen LogP contribution in [0, 0.1) is 5.92 Å². The molecule has 0 aliphatic heterocycles. The van der Waals surface area contributed by atoms with Gasteiger partial charge in [0.2, 0.25) is 5.91 Å². The molecule has 7 heteroatoms. The van der Waals surface area contributed by atoms with Crippen molar-refractivity contribution >= 4 is 11.8 Å². The van der Waals surface area contributed by atoms with E-state index in [9.17, 15) is 14.7 Å². The third-order valence-electron chi connectivity index (χ3n) is 3.70. The lowest BCUT2D eigenvalue weighted by Gasteiger charge is -2.21. The molecule has 2 aromatic rings. The standard InChI is InChI=1S/C19H24N4O3/c1-13(2)10-17(24)23-18(25)15(11-14-6-4-3-5-7-14)22-19(26)16-12-20-8-9-21-16/h3-9,12-13,15,17,24H,10-11H2,1-2H3,(H,22,26)(H,23,25)/t15-,17-/m0/s1. The minimum absolute atomic E-state index is 0.126. The van der Waals surface area contributed by atoms with Gasteiger partial charge >= 0.3 is 0 Å². The number of hydrogen-bond donors (Lipinski definition) is 3. The first-order chi connectivity index (χ1) is 12.5. The second-order valence-corrected chi connectivity index (χ2v) is 6.46. The molecule has 0 saturated heterocycles. The van der Waals surface area contributed by atoms with E-state index < -0.39 is 24.1 Å². The molecule has 0 aliphatic rings. The molecule has 3 N–H and O–H groups in total. The summed E-state index contributed by atoms with van der Waals surface area (Å²) >= 11 is 0. The number of carbonyl (C=O) groups excluding carboxylic acids is 2. The molecule has 138 valence electrons. The summed E-state index contributed by atoms with van der Waals surface area (Å²) in [5, 5.41) is 15.2. The molecule has 0 bridgehead atoms. The van der Waals surface area contributed by atoms with Crippen LogP contribution in [-0.2, 0) is 11.2 Å². The van der Waals surface area contributed by atoms with Gasteiger partial charge < -0.3 is 15.7 Å². The predicted octanol–water partition coefficient (Wildman–Crippen LogP) is 1.30. The van der Waals surface area contributed by atoms with Crippen molar-refractivity contribution in [2.75, 3.05) is 0 Å². The summed E-state index contributed by atoms with van der Waals surface area (Å²) in [5.41, 5.74) is 1.02. The third-order valence-corrected chi connectivity index (χ3v) is 3.70. The summed E-state index contributed by atoms with van der Waals surface area (Å²) in [7, 11) is 0. The van der Waals surface area contributed by atoms with E-state index in [-0.39, 0.29) is 11.6 Å². The van der Waals surface area contributed by atoms with E-state index in [4.69, 9.17) is 0 Å². The highest BCUT2D eigenvalue weighted by molar-refractivity contribution is 5.96. The van der Waals surface area contributed by atoms with E-state index in [1.807, 2.05) is 44.2 Å². The molecule has 0 fully saturated rings. The zero-order valence-corrected chi connectivity index (χ0v) is 14.9. The van der Waals surface area contributed by atoms with Crippen molar-refractivity contribution in [3.05, 3.63) is 60.2 Å². The van der Waals surface area contributed by atoms with Crippen LogP contribution >= 0.6 is 0 Å². The number of rotatable bonds is 8. The average Bonchev–Trinajstić information content (AvgIpc) is 2.62. The van der Waals surface area contributed by atoms with Gasteiger partial charge in [-0.3, -0.25) is 14.6 Å².